The number of carbonyl (C=O) groups excluding carboxylic acids is 2. The van der Waals surface area contributed by atoms with Crippen LogP contribution in [-0.4, -0.2) is 32.1 Å². The number of hydrogen-bond donors (Lipinski definition) is 2. The van der Waals surface area contributed by atoms with E-state index in [1.54, 1.807) is 43.5 Å². The van der Waals surface area contributed by atoms with Crippen LogP contribution < -0.4 is 15.4 Å². The van der Waals surface area contributed by atoms with E-state index in [9.17, 15) is 9.59 Å². The lowest BCUT2D eigenvalue weighted by atomic mass is 10.1. The van der Waals surface area contributed by atoms with E-state index in [1.807, 2.05) is 37.3 Å². The third kappa shape index (κ3) is 6.16. The maximum absolute atomic E-state index is 12.9. The molecule has 160 valence electrons. The average Bonchev–Trinajstić information content (AvgIpc) is 2.77. The average molecular weight is 483 g/mol. The zero-order chi connectivity index (χ0) is 22.2. The molecule has 3 aromatic rings. The van der Waals surface area contributed by atoms with E-state index in [4.69, 9.17) is 9.47 Å². The molecule has 0 heterocycles. The van der Waals surface area contributed by atoms with Crippen LogP contribution in [0.15, 0.2) is 71.2 Å². The molecule has 0 fully saturated rings. The second-order valence-corrected chi connectivity index (χ2v) is 7.70. The van der Waals surface area contributed by atoms with Gasteiger partial charge in [0, 0.05) is 28.5 Å². The molecule has 0 radical (unpaired) electrons. The Bertz CT molecular complexity index is 1070. The van der Waals surface area contributed by atoms with E-state index in [0.29, 0.717) is 41.5 Å². The van der Waals surface area contributed by atoms with Crippen LogP contribution in [0, 0.1) is 6.92 Å². The molecule has 0 bridgehead atoms. The summed E-state index contributed by atoms with van der Waals surface area (Å²) in [4.78, 5) is 25.2. The van der Waals surface area contributed by atoms with Gasteiger partial charge in [-0.25, -0.2) is 0 Å². The number of ether oxygens (including phenoxy) is 2. The largest absolute Gasteiger partial charge is 0.490 e. The zero-order valence-electron chi connectivity index (χ0n) is 17.3. The number of benzene rings is 3. The Morgan fingerprint density at radius 2 is 1.68 bits per heavy atom. The van der Waals surface area contributed by atoms with Crippen molar-refractivity contribution in [3.63, 3.8) is 0 Å². The fourth-order valence-electron chi connectivity index (χ4n) is 2.90. The SMILES string of the molecule is COCCOc1ccc(Br)cc1C(=O)Nc1ccc(NC(=O)c2ccccc2)c(C)c1. The molecule has 2 N–H and O–H groups in total. The van der Waals surface area contributed by atoms with Gasteiger partial charge in [-0.1, -0.05) is 34.1 Å². The molecule has 0 aliphatic carbocycles. The fraction of sp³-hybridized carbons (Fsp3) is 0.167. The molecule has 7 heteroatoms. The van der Waals surface area contributed by atoms with Gasteiger partial charge in [-0.15, -0.1) is 0 Å². The minimum absolute atomic E-state index is 0.188. The van der Waals surface area contributed by atoms with E-state index in [1.165, 1.54) is 0 Å². The first kappa shape index (κ1) is 22.5. The summed E-state index contributed by atoms with van der Waals surface area (Å²) in [5.41, 5.74) is 3.10. The lowest BCUT2D eigenvalue weighted by Crippen LogP contribution is -2.16. The van der Waals surface area contributed by atoms with Crippen molar-refractivity contribution in [2.75, 3.05) is 31.0 Å². The van der Waals surface area contributed by atoms with Crippen LogP contribution in [0.1, 0.15) is 26.3 Å². The van der Waals surface area contributed by atoms with E-state index >= 15 is 0 Å². The fourth-order valence-corrected chi connectivity index (χ4v) is 3.27. The molecule has 3 aromatic carbocycles. The lowest BCUT2D eigenvalue weighted by molar-refractivity contribution is 0.101. The first-order chi connectivity index (χ1) is 15.0. The van der Waals surface area contributed by atoms with E-state index in [2.05, 4.69) is 26.6 Å². The number of rotatable bonds is 8. The molecule has 3 rings (SSSR count). The molecule has 0 saturated carbocycles. The Morgan fingerprint density at radius 1 is 0.903 bits per heavy atom. The molecule has 31 heavy (non-hydrogen) atoms. The molecule has 0 unspecified atom stereocenters. The number of hydrogen-bond acceptors (Lipinski definition) is 4. The van der Waals surface area contributed by atoms with Crippen molar-refractivity contribution in [3.05, 3.63) is 87.9 Å². The number of anilines is 2. The highest BCUT2D eigenvalue weighted by Crippen LogP contribution is 2.26. The van der Waals surface area contributed by atoms with Gasteiger partial charge in [0.05, 0.1) is 12.2 Å². The van der Waals surface area contributed by atoms with Gasteiger partial charge >= 0.3 is 0 Å². The van der Waals surface area contributed by atoms with E-state index < -0.39 is 0 Å². The van der Waals surface area contributed by atoms with Crippen molar-refractivity contribution in [1.29, 1.82) is 0 Å². The lowest BCUT2D eigenvalue weighted by Gasteiger charge is -2.14. The van der Waals surface area contributed by atoms with Crippen molar-refractivity contribution in [2.24, 2.45) is 0 Å². The monoisotopic (exact) mass is 482 g/mol. The number of nitrogens with one attached hydrogen (secondary N) is 2. The quantitative estimate of drug-likeness (QED) is 0.427. The summed E-state index contributed by atoms with van der Waals surface area (Å²) in [5.74, 6) is -0.0112. The van der Waals surface area contributed by atoms with E-state index in [-0.39, 0.29) is 11.8 Å². The van der Waals surface area contributed by atoms with Gasteiger partial charge in [0.2, 0.25) is 0 Å². The van der Waals surface area contributed by atoms with Crippen molar-refractivity contribution < 1.29 is 19.1 Å². The maximum atomic E-state index is 12.9. The predicted octanol–water partition coefficient (Wildman–Crippen LogP) is 5.29. The normalized spacial score (nSPS) is 10.4. The molecule has 2 amide bonds. The van der Waals surface area contributed by atoms with Crippen molar-refractivity contribution in [3.8, 4) is 5.75 Å². The van der Waals surface area contributed by atoms with Crippen molar-refractivity contribution in [1.82, 2.24) is 0 Å². The third-order valence-electron chi connectivity index (χ3n) is 4.50. The molecule has 0 aliphatic heterocycles. The Morgan fingerprint density at radius 3 is 2.39 bits per heavy atom. The zero-order valence-corrected chi connectivity index (χ0v) is 18.9. The Kier molecular flexibility index (Phi) is 7.81. The first-order valence-electron chi connectivity index (χ1n) is 9.67. The number of methoxy groups -OCH3 is 1. The minimum atomic E-state index is -0.297. The summed E-state index contributed by atoms with van der Waals surface area (Å²) in [5, 5.41) is 5.78. The molecule has 0 saturated heterocycles. The molecular weight excluding hydrogens is 460 g/mol. The summed E-state index contributed by atoms with van der Waals surface area (Å²) in [6.07, 6.45) is 0. The van der Waals surface area contributed by atoms with Gasteiger partial charge in [0.1, 0.15) is 12.4 Å². The number of amides is 2. The maximum Gasteiger partial charge on any atom is 0.259 e. The van der Waals surface area contributed by atoms with Crippen LogP contribution in [0.3, 0.4) is 0 Å². The van der Waals surface area contributed by atoms with Crippen LogP contribution >= 0.6 is 15.9 Å². The summed E-state index contributed by atoms with van der Waals surface area (Å²) in [6, 6.07) is 19.6. The van der Waals surface area contributed by atoms with E-state index in [0.717, 1.165) is 10.0 Å². The highest BCUT2D eigenvalue weighted by atomic mass is 79.9. The third-order valence-corrected chi connectivity index (χ3v) is 4.99. The Labute approximate surface area is 189 Å². The van der Waals surface area contributed by atoms with Gasteiger partial charge in [0.15, 0.2) is 0 Å². The summed E-state index contributed by atoms with van der Waals surface area (Å²) >= 11 is 3.39. The molecule has 0 atom stereocenters. The van der Waals surface area contributed by atoms with Gasteiger partial charge in [-0.05, 0) is 61.0 Å². The second-order valence-electron chi connectivity index (χ2n) is 6.79. The van der Waals surface area contributed by atoms with Crippen LogP contribution in [0.4, 0.5) is 11.4 Å². The first-order valence-corrected chi connectivity index (χ1v) is 10.5. The predicted molar refractivity (Wildman–Crippen MR) is 125 cm³/mol. The number of carbonyl (C=O) groups is 2. The molecule has 0 aromatic heterocycles. The minimum Gasteiger partial charge on any atom is -0.490 e. The summed E-state index contributed by atoms with van der Waals surface area (Å²) in [7, 11) is 1.59. The number of halogens is 1. The summed E-state index contributed by atoms with van der Waals surface area (Å²) < 4.78 is 11.4. The topological polar surface area (TPSA) is 76.7 Å². The molecule has 6 nitrogen and oxygen atoms in total. The van der Waals surface area contributed by atoms with Crippen molar-refractivity contribution in [2.45, 2.75) is 6.92 Å². The van der Waals surface area contributed by atoms with Gasteiger partial charge in [-0.2, -0.15) is 0 Å². The van der Waals surface area contributed by atoms with Crippen LogP contribution in [0.5, 0.6) is 5.75 Å². The Balaban J connectivity index is 1.72. The van der Waals surface area contributed by atoms with Crippen molar-refractivity contribution >= 4 is 39.1 Å². The number of aryl methyl sites for hydroxylation is 1. The Hall–Kier alpha value is -3.16. The highest BCUT2D eigenvalue weighted by Gasteiger charge is 2.15. The van der Waals surface area contributed by atoms with Gasteiger partial charge in [0.25, 0.3) is 11.8 Å². The molecule has 0 spiro atoms. The van der Waals surface area contributed by atoms with Crippen LogP contribution in [0.25, 0.3) is 0 Å². The summed E-state index contributed by atoms with van der Waals surface area (Å²) in [6.45, 7) is 2.63. The smallest absolute Gasteiger partial charge is 0.259 e. The van der Waals surface area contributed by atoms with Crippen LogP contribution in [-0.2, 0) is 4.74 Å². The second kappa shape index (κ2) is 10.7. The standard InChI is InChI=1S/C24H23BrN2O4/c1-16-14-19(9-10-21(16)27-23(28)17-6-4-3-5-7-17)26-24(29)20-15-18(25)8-11-22(20)31-13-12-30-2/h3-11,14-15H,12-13H2,1-2H3,(H,26,29)(H,27,28). The molecular formula is C24H23BrN2O4. The molecule has 0 aliphatic rings. The van der Waals surface area contributed by atoms with Gasteiger partial charge < -0.3 is 20.1 Å². The highest BCUT2D eigenvalue weighted by molar-refractivity contribution is 9.10. The van der Waals surface area contributed by atoms with Gasteiger partial charge in [-0.3, -0.25) is 9.59 Å². The van der Waals surface area contributed by atoms with Crippen LogP contribution in [0.2, 0.25) is 0 Å².